The molecular weight excluding hydrogens is 496 g/mol. The summed E-state index contributed by atoms with van der Waals surface area (Å²) in [6, 6.07) is 15.3. The molecule has 0 spiro atoms. The van der Waals surface area contributed by atoms with Crippen LogP contribution in [0.3, 0.4) is 0 Å². The number of hydrogen-bond donors (Lipinski definition) is 3. The molecule has 0 bridgehead atoms. The Labute approximate surface area is 224 Å². The largest absolute Gasteiger partial charge is 0.382 e. The number of nitrogens with two attached hydrogens (primary N) is 1. The van der Waals surface area contributed by atoms with Crippen molar-refractivity contribution < 1.29 is 9.59 Å². The average Bonchev–Trinajstić information content (AvgIpc) is 3.35. The number of thiophene rings is 1. The second-order valence-corrected chi connectivity index (χ2v) is 10.1. The van der Waals surface area contributed by atoms with E-state index in [4.69, 9.17) is 10.7 Å². The number of fused-ring (bicyclic) bond motifs is 2. The van der Waals surface area contributed by atoms with E-state index in [0.717, 1.165) is 41.3 Å². The molecule has 2 aromatic carbocycles. The summed E-state index contributed by atoms with van der Waals surface area (Å²) in [5.41, 5.74) is 9.45. The fourth-order valence-corrected chi connectivity index (χ4v) is 5.21. The van der Waals surface area contributed by atoms with Gasteiger partial charge in [-0.25, -0.2) is 15.0 Å². The molecular formula is C29H28N6O2S. The molecule has 3 heterocycles. The van der Waals surface area contributed by atoms with Crippen molar-refractivity contribution in [1.29, 1.82) is 0 Å². The van der Waals surface area contributed by atoms with Crippen LogP contribution >= 0.6 is 11.3 Å². The van der Waals surface area contributed by atoms with Crippen molar-refractivity contribution in [2.45, 2.75) is 39.5 Å². The van der Waals surface area contributed by atoms with Gasteiger partial charge in [0.2, 0.25) is 0 Å². The third-order valence-corrected chi connectivity index (χ3v) is 7.32. The first kappa shape index (κ1) is 25.3. The van der Waals surface area contributed by atoms with Crippen LogP contribution in [0.2, 0.25) is 0 Å². The molecule has 5 rings (SSSR count). The number of nitrogens with zero attached hydrogens (tertiary/aromatic N) is 3. The summed E-state index contributed by atoms with van der Waals surface area (Å²) in [7, 11) is 0. The van der Waals surface area contributed by atoms with E-state index in [1.54, 1.807) is 5.38 Å². The number of pyridine rings is 1. The fraction of sp³-hybridized carbons (Fsp3) is 0.207. The molecule has 0 aliphatic rings. The van der Waals surface area contributed by atoms with Crippen LogP contribution in [0, 0.1) is 6.92 Å². The van der Waals surface area contributed by atoms with E-state index >= 15 is 0 Å². The molecule has 0 atom stereocenters. The first-order valence-corrected chi connectivity index (χ1v) is 13.4. The Bertz CT molecular complexity index is 1650. The molecule has 4 N–H and O–H groups in total. The lowest BCUT2D eigenvalue weighted by atomic mass is 10.0. The summed E-state index contributed by atoms with van der Waals surface area (Å²) in [5.74, 6) is 1.17. The number of rotatable bonds is 9. The van der Waals surface area contributed by atoms with Crippen LogP contribution in [0.4, 0.5) is 23.1 Å². The van der Waals surface area contributed by atoms with Gasteiger partial charge in [-0.3, -0.25) is 9.59 Å². The van der Waals surface area contributed by atoms with Crippen LogP contribution in [0.5, 0.6) is 0 Å². The van der Waals surface area contributed by atoms with Crippen molar-refractivity contribution in [3.8, 4) is 0 Å². The van der Waals surface area contributed by atoms with E-state index in [0.29, 0.717) is 45.2 Å². The predicted molar refractivity (Wildman–Crippen MR) is 154 cm³/mol. The minimum atomic E-state index is -0.328. The molecule has 5 aromatic rings. The van der Waals surface area contributed by atoms with Crippen molar-refractivity contribution in [2.75, 3.05) is 16.4 Å². The number of unbranched alkanes of at least 4 members (excludes halogenated alkanes) is 2. The number of amides is 1. The van der Waals surface area contributed by atoms with Gasteiger partial charge in [-0.2, -0.15) is 0 Å². The Hall–Kier alpha value is -4.37. The molecule has 0 saturated carbocycles. The Morgan fingerprint density at radius 3 is 2.63 bits per heavy atom. The smallest absolute Gasteiger partial charge is 0.259 e. The molecule has 192 valence electrons. The van der Waals surface area contributed by atoms with Gasteiger partial charge in [0, 0.05) is 28.4 Å². The number of anilines is 4. The summed E-state index contributed by atoms with van der Waals surface area (Å²) < 4.78 is 0.675. The summed E-state index contributed by atoms with van der Waals surface area (Å²) in [6.07, 6.45) is 4.96. The topological polar surface area (TPSA) is 123 Å². The molecule has 0 saturated heterocycles. The maximum Gasteiger partial charge on any atom is 0.259 e. The van der Waals surface area contributed by atoms with E-state index in [1.807, 2.05) is 55.5 Å². The van der Waals surface area contributed by atoms with Crippen LogP contribution < -0.4 is 16.4 Å². The second kappa shape index (κ2) is 10.9. The number of nitrogens with one attached hydrogen (secondary N) is 2. The first-order chi connectivity index (χ1) is 18.4. The summed E-state index contributed by atoms with van der Waals surface area (Å²) in [6.45, 7) is 4.14. The van der Waals surface area contributed by atoms with Crippen molar-refractivity contribution in [1.82, 2.24) is 15.0 Å². The highest BCUT2D eigenvalue weighted by molar-refractivity contribution is 7.18. The standard InChI is InChI=1S/C29H28N6O2S/c1-3-4-5-6-23(36)18-8-10-20(11-9-18)33-28-21-12-7-17(2)13-19(21)14-24(34-28)35-29(37)22-15-38-26-25(22)31-16-32-27(26)30/h7-16H,3-6H2,1-2H3,(H2,30,31,32)(H2,33,34,35,37). The van der Waals surface area contributed by atoms with Crippen molar-refractivity contribution in [3.05, 3.63) is 76.9 Å². The third kappa shape index (κ3) is 5.33. The van der Waals surface area contributed by atoms with E-state index in [9.17, 15) is 9.59 Å². The van der Waals surface area contributed by atoms with Crippen LogP contribution in [-0.4, -0.2) is 26.6 Å². The van der Waals surface area contributed by atoms with Crippen molar-refractivity contribution >= 4 is 67.2 Å². The van der Waals surface area contributed by atoms with Gasteiger partial charge in [0.05, 0.1) is 15.8 Å². The number of Topliss-reactive ketones (excluding diaryl/α,β-unsaturated/α-hetero) is 1. The number of aromatic nitrogens is 3. The summed E-state index contributed by atoms with van der Waals surface area (Å²) >= 11 is 1.33. The van der Waals surface area contributed by atoms with E-state index < -0.39 is 0 Å². The quantitative estimate of drug-likeness (QED) is 0.142. The van der Waals surface area contributed by atoms with Crippen LogP contribution in [-0.2, 0) is 0 Å². The van der Waals surface area contributed by atoms with Crippen LogP contribution in [0.15, 0.2) is 60.2 Å². The van der Waals surface area contributed by atoms with Gasteiger partial charge in [-0.05, 0) is 49.1 Å². The zero-order valence-electron chi connectivity index (χ0n) is 21.2. The number of aryl methyl sites for hydroxylation is 1. The lowest BCUT2D eigenvalue weighted by Crippen LogP contribution is -2.13. The number of carbonyl (C=O) groups excluding carboxylic acids is 2. The number of benzene rings is 2. The highest BCUT2D eigenvalue weighted by atomic mass is 32.1. The Balaban J connectivity index is 1.42. The Morgan fingerprint density at radius 1 is 1.03 bits per heavy atom. The second-order valence-electron chi connectivity index (χ2n) is 9.20. The predicted octanol–water partition coefficient (Wildman–Crippen LogP) is 6.89. The van der Waals surface area contributed by atoms with Gasteiger partial charge in [0.25, 0.3) is 5.91 Å². The molecule has 9 heteroatoms. The van der Waals surface area contributed by atoms with Gasteiger partial charge in [0.15, 0.2) is 5.78 Å². The number of nitrogen functional groups attached to an aromatic ring is 1. The molecule has 0 aliphatic carbocycles. The maximum absolute atomic E-state index is 13.2. The van der Waals surface area contributed by atoms with Crippen molar-refractivity contribution in [2.24, 2.45) is 0 Å². The number of hydrogen-bond acceptors (Lipinski definition) is 8. The van der Waals surface area contributed by atoms with Crippen molar-refractivity contribution in [3.63, 3.8) is 0 Å². The summed E-state index contributed by atoms with van der Waals surface area (Å²) in [4.78, 5) is 38.6. The Morgan fingerprint density at radius 2 is 1.84 bits per heavy atom. The highest BCUT2D eigenvalue weighted by Crippen LogP contribution is 2.31. The average molecular weight is 525 g/mol. The first-order valence-electron chi connectivity index (χ1n) is 12.5. The van der Waals surface area contributed by atoms with E-state index in [-0.39, 0.29) is 11.7 Å². The highest BCUT2D eigenvalue weighted by Gasteiger charge is 2.17. The molecule has 1 amide bonds. The monoisotopic (exact) mass is 524 g/mol. The van der Waals surface area contributed by atoms with Gasteiger partial charge in [-0.15, -0.1) is 11.3 Å². The fourth-order valence-electron chi connectivity index (χ4n) is 4.31. The van der Waals surface area contributed by atoms with E-state index in [2.05, 4.69) is 27.5 Å². The number of carbonyl (C=O) groups is 2. The zero-order chi connectivity index (χ0) is 26.6. The van der Waals surface area contributed by atoms with E-state index in [1.165, 1.54) is 17.7 Å². The molecule has 0 unspecified atom stereocenters. The van der Waals surface area contributed by atoms with Gasteiger partial charge >= 0.3 is 0 Å². The molecule has 0 fully saturated rings. The minimum Gasteiger partial charge on any atom is -0.382 e. The van der Waals surface area contributed by atoms with Gasteiger partial charge < -0.3 is 16.4 Å². The van der Waals surface area contributed by atoms with Gasteiger partial charge in [-0.1, -0.05) is 43.5 Å². The Kier molecular flexibility index (Phi) is 7.28. The summed E-state index contributed by atoms with van der Waals surface area (Å²) in [5, 5.41) is 9.84. The number of ketones is 1. The normalized spacial score (nSPS) is 11.1. The molecule has 0 radical (unpaired) electrons. The zero-order valence-corrected chi connectivity index (χ0v) is 22.1. The minimum absolute atomic E-state index is 0.154. The lowest BCUT2D eigenvalue weighted by Gasteiger charge is -2.13. The van der Waals surface area contributed by atoms with Gasteiger partial charge in [0.1, 0.15) is 23.8 Å². The molecule has 8 nitrogen and oxygen atoms in total. The molecule has 3 aromatic heterocycles. The molecule has 38 heavy (non-hydrogen) atoms. The van der Waals surface area contributed by atoms with Crippen LogP contribution in [0.1, 0.15) is 58.9 Å². The molecule has 0 aliphatic heterocycles. The maximum atomic E-state index is 13.2. The third-order valence-electron chi connectivity index (χ3n) is 6.33. The lowest BCUT2D eigenvalue weighted by molar-refractivity contribution is 0.0978. The van der Waals surface area contributed by atoms with Crippen LogP contribution in [0.25, 0.3) is 21.0 Å². The SMILES string of the molecule is CCCCCC(=O)c1ccc(Nc2nc(NC(=O)c3csc4c(N)ncnc34)cc3cc(C)ccc23)cc1.